The Labute approximate surface area is 94.6 Å². The Morgan fingerprint density at radius 2 is 2.00 bits per heavy atom. The number of hydrogen-bond donors (Lipinski definition) is 1. The van der Waals surface area contributed by atoms with Crippen molar-refractivity contribution in [1.82, 2.24) is 0 Å². The summed E-state index contributed by atoms with van der Waals surface area (Å²) in [5.41, 5.74) is 6.23. The highest BCUT2D eigenvalue weighted by atomic mass is 16.5. The third kappa shape index (κ3) is 3.76. The standard InChI is InChI=1S/C13H27NO/c1-12(2,3)10(9-14)8-11-6-7-13(4,5)15-11/h10-11H,6-9,14H2,1-5H3. The number of ether oxygens (including phenoxy) is 1. The van der Waals surface area contributed by atoms with Crippen molar-refractivity contribution < 1.29 is 4.74 Å². The lowest BCUT2D eigenvalue weighted by atomic mass is 9.77. The fraction of sp³-hybridized carbons (Fsp3) is 1.00. The van der Waals surface area contributed by atoms with Gasteiger partial charge in [0.2, 0.25) is 0 Å². The average Bonchev–Trinajstić information content (AvgIpc) is 2.39. The third-order valence-electron chi connectivity index (χ3n) is 3.61. The van der Waals surface area contributed by atoms with Crippen molar-refractivity contribution in [3.05, 3.63) is 0 Å². The maximum absolute atomic E-state index is 6.02. The largest absolute Gasteiger partial charge is 0.372 e. The van der Waals surface area contributed by atoms with Gasteiger partial charge >= 0.3 is 0 Å². The predicted octanol–water partition coefficient (Wildman–Crippen LogP) is 2.96. The monoisotopic (exact) mass is 213 g/mol. The van der Waals surface area contributed by atoms with Gasteiger partial charge in [-0.15, -0.1) is 0 Å². The van der Waals surface area contributed by atoms with Crippen LogP contribution in [0.3, 0.4) is 0 Å². The minimum atomic E-state index is 0.0850. The fourth-order valence-electron chi connectivity index (χ4n) is 2.36. The van der Waals surface area contributed by atoms with Gasteiger partial charge in [0.15, 0.2) is 0 Å². The van der Waals surface area contributed by atoms with Crippen molar-refractivity contribution in [2.75, 3.05) is 6.54 Å². The van der Waals surface area contributed by atoms with Gasteiger partial charge in [0, 0.05) is 0 Å². The maximum atomic E-state index is 6.02. The molecule has 0 aromatic carbocycles. The molecule has 1 rings (SSSR count). The molecule has 2 nitrogen and oxygen atoms in total. The topological polar surface area (TPSA) is 35.2 Å². The number of rotatable bonds is 3. The molecule has 2 N–H and O–H groups in total. The Morgan fingerprint density at radius 3 is 2.33 bits per heavy atom. The summed E-state index contributed by atoms with van der Waals surface area (Å²) in [6, 6.07) is 0. The molecule has 1 aliphatic rings. The van der Waals surface area contributed by atoms with E-state index in [4.69, 9.17) is 10.5 Å². The number of hydrogen-bond acceptors (Lipinski definition) is 2. The molecule has 1 saturated heterocycles. The molecule has 0 radical (unpaired) electrons. The van der Waals surface area contributed by atoms with Crippen LogP contribution in [0.5, 0.6) is 0 Å². The second-order valence-corrected chi connectivity index (χ2v) is 6.57. The lowest BCUT2D eigenvalue weighted by Gasteiger charge is -2.32. The lowest BCUT2D eigenvalue weighted by molar-refractivity contribution is -0.0309. The molecule has 1 fully saturated rings. The van der Waals surface area contributed by atoms with Crippen LogP contribution < -0.4 is 5.73 Å². The minimum absolute atomic E-state index is 0.0850. The Hall–Kier alpha value is -0.0800. The van der Waals surface area contributed by atoms with Crippen LogP contribution in [0.4, 0.5) is 0 Å². The summed E-state index contributed by atoms with van der Waals surface area (Å²) in [5.74, 6) is 0.566. The molecule has 2 heteroatoms. The highest BCUT2D eigenvalue weighted by Crippen LogP contribution is 2.36. The highest BCUT2D eigenvalue weighted by Gasteiger charge is 2.35. The van der Waals surface area contributed by atoms with Crippen molar-refractivity contribution >= 4 is 0 Å². The van der Waals surface area contributed by atoms with Crippen LogP contribution >= 0.6 is 0 Å². The zero-order valence-corrected chi connectivity index (χ0v) is 11.0. The summed E-state index contributed by atoms with van der Waals surface area (Å²) in [4.78, 5) is 0. The Morgan fingerprint density at radius 1 is 1.40 bits per heavy atom. The van der Waals surface area contributed by atoms with Gasteiger partial charge in [0.05, 0.1) is 11.7 Å². The third-order valence-corrected chi connectivity index (χ3v) is 3.61. The van der Waals surface area contributed by atoms with E-state index >= 15 is 0 Å². The Bertz CT molecular complexity index is 205. The van der Waals surface area contributed by atoms with Gasteiger partial charge < -0.3 is 10.5 Å². The van der Waals surface area contributed by atoms with E-state index in [9.17, 15) is 0 Å². The molecule has 0 saturated carbocycles. The molecule has 2 atom stereocenters. The molecule has 1 aliphatic heterocycles. The molecular weight excluding hydrogens is 186 g/mol. The van der Waals surface area contributed by atoms with Crippen LogP contribution in [0, 0.1) is 11.3 Å². The minimum Gasteiger partial charge on any atom is -0.372 e. The van der Waals surface area contributed by atoms with Crippen molar-refractivity contribution in [2.24, 2.45) is 17.1 Å². The van der Waals surface area contributed by atoms with E-state index in [1.165, 1.54) is 12.8 Å². The van der Waals surface area contributed by atoms with Gasteiger partial charge in [-0.25, -0.2) is 0 Å². The van der Waals surface area contributed by atoms with Crippen molar-refractivity contribution in [3.8, 4) is 0 Å². The summed E-state index contributed by atoms with van der Waals surface area (Å²) in [6.45, 7) is 11.9. The van der Waals surface area contributed by atoms with Crippen LogP contribution in [0.1, 0.15) is 53.9 Å². The first kappa shape index (κ1) is 13.0. The summed E-state index contributed by atoms with van der Waals surface area (Å²) >= 11 is 0. The van der Waals surface area contributed by atoms with Gasteiger partial charge in [-0.1, -0.05) is 20.8 Å². The van der Waals surface area contributed by atoms with Crippen LogP contribution in [0.25, 0.3) is 0 Å². The molecule has 90 valence electrons. The van der Waals surface area contributed by atoms with Gasteiger partial charge in [-0.2, -0.15) is 0 Å². The molecule has 0 aromatic rings. The van der Waals surface area contributed by atoms with E-state index in [1.54, 1.807) is 0 Å². The Kier molecular flexibility index (Phi) is 3.83. The Balaban J connectivity index is 2.48. The zero-order valence-electron chi connectivity index (χ0n) is 11.0. The van der Waals surface area contributed by atoms with Crippen LogP contribution in [0.15, 0.2) is 0 Å². The van der Waals surface area contributed by atoms with E-state index in [0.29, 0.717) is 17.4 Å². The SMILES string of the molecule is CC1(C)CCC(CC(CN)C(C)(C)C)O1. The quantitative estimate of drug-likeness (QED) is 0.782. The molecule has 0 bridgehead atoms. The number of nitrogens with two attached hydrogens (primary N) is 1. The summed E-state index contributed by atoms with van der Waals surface area (Å²) in [6.07, 6.45) is 3.91. The lowest BCUT2D eigenvalue weighted by Crippen LogP contribution is -2.32. The van der Waals surface area contributed by atoms with Crippen molar-refractivity contribution in [1.29, 1.82) is 0 Å². The second kappa shape index (κ2) is 4.42. The highest BCUT2D eigenvalue weighted by molar-refractivity contribution is 4.85. The molecule has 0 aromatic heterocycles. The average molecular weight is 213 g/mol. The van der Waals surface area contributed by atoms with Crippen LogP contribution in [0.2, 0.25) is 0 Å². The first-order valence-corrected chi connectivity index (χ1v) is 6.12. The first-order chi connectivity index (χ1) is 6.74. The summed E-state index contributed by atoms with van der Waals surface area (Å²) < 4.78 is 6.02. The molecular formula is C13H27NO. The van der Waals surface area contributed by atoms with E-state index in [-0.39, 0.29) is 5.60 Å². The van der Waals surface area contributed by atoms with Gasteiger partial charge in [-0.3, -0.25) is 0 Å². The fourth-order valence-corrected chi connectivity index (χ4v) is 2.36. The van der Waals surface area contributed by atoms with Crippen LogP contribution in [-0.2, 0) is 4.74 Å². The summed E-state index contributed by atoms with van der Waals surface area (Å²) in [5, 5.41) is 0. The van der Waals surface area contributed by atoms with E-state index < -0.39 is 0 Å². The van der Waals surface area contributed by atoms with Crippen molar-refractivity contribution in [2.45, 2.75) is 65.6 Å². The summed E-state index contributed by atoms with van der Waals surface area (Å²) in [7, 11) is 0. The molecule has 0 aliphatic carbocycles. The molecule has 1 heterocycles. The molecule has 2 unspecified atom stereocenters. The van der Waals surface area contributed by atoms with Crippen LogP contribution in [-0.4, -0.2) is 18.2 Å². The molecule has 0 spiro atoms. The smallest absolute Gasteiger partial charge is 0.0631 e. The first-order valence-electron chi connectivity index (χ1n) is 6.12. The maximum Gasteiger partial charge on any atom is 0.0631 e. The molecule has 15 heavy (non-hydrogen) atoms. The van der Waals surface area contributed by atoms with E-state index in [0.717, 1.165) is 13.0 Å². The van der Waals surface area contributed by atoms with Crippen molar-refractivity contribution in [3.63, 3.8) is 0 Å². The van der Waals surface area contributed by atoms with Gasteiger partial charge in [-0.05, 0) is 51.0 Å². The predicted molar refractivity (Wildman–Crippen MR) is 64.8 cm³/mol. The normalized spacial score (nSPS) is 28.0. The van der Waals surface area contributed by atoms with Gasteiger partial charge in [0.1, 0.15) is 0 Å². The zero-order chi connectivity index (χ0) is 11.7. The van der Waals surface area contributed by atoms with E-state index in [1.807, 2.05) is 0 Å². The molecule has 0 amide bonds. The second-order valence-electron chi connectivity index (χ2n) is 6.57. The van der Waals surface area contributed by atoms with E-state index in [2.05, 4.69) is 34.6 Å². The van der Waals surface area contributed by atoms with Gasteiger partial charge in [0.25, 0.3) is 0 Å².